The predicted molar refractivity (Wildman–Crippen MR) is 51.2 cm³/mol. The molecule has 0 radical (unpaired) electrons. The number of alkyl halides is 2. The Labute approximate surface area is 79.3 Å². The monoisotopic (exact) mass is 194 g/mol. The van der Waals surface area contributed by atoms with Crippen molar-refractivity contribution >= 4 is 23.2 Å². The summed E-state index contributed by atoms with van der Waals surface area (Å²) in [5.41, 5.74) is 0.144. The van der Waals surface area contributed by atoms with Crippen LogP contribution in [0.15, 0.2) is 0 Å². The fourth-order valence-corrected chi connectivity index (χ4v) is 2.98. The van der Waals surface area contributed by atoms with Crippen molar-refractivity contribution in [1.82, 2.24) is 0 Å². The Morgan fingerprint density at radius 3 is 1.91 bits per heavy atom. The van der Waals surface area contributed by atoms with Gasteiger partial charge in [0.05, 0.1) is 0 Å². The molecule has 0 aromatic heterocycles. The molecule has 0 aromatic rings. The van der Waals surface area contributed by atoms with Crippen LogP contribution in [0.5, 0.6) is 0 Å². The molecule has 66 valence electrons. The first-order chi connectivity index (χ1) is 4.89. The molecule has 0 amide bonds. The Morgan fingerprint density at radius 2 is 1.82 bits per heavy atom. The van der Waals surface area contributed by atoms with Gasteiger partial charge in [0.25, 0.3) is 0 Å². The van der Waals surface area contributed by atoms with E-state index < -0.39 is 4.33 Å². The highest BCUT2D eigenvalue weighted by atomic mass is 35.5. The Bertz CT molecular complexity index is 165. The van der Waals surface area contributed by atoms with Crippen LogP contribution < -0.4 is 0 Å². The fourth-order valence-electron chi connectivity index (χ4n) is 1.94. The molecule has 0 spiro atoms. The first-order valence-corrected chi connectivity index (χ1v) is 5.02. The van der Waals surface area contributed by atoms with Crippen LogP contribution in [0, 0.1) is 17.3 Å². The molecule has 2 heteroatoms. The molecular weight excluding hydrogens is 179 g/mol. The summed E-state index contributed by atoms with van der Waals surface area (Å²) in [6, 6.07) is 0. The average molecular weight is 195 g/mol. The first kappa shape index (κ1) is 9.67. The Morgan fingerprint density at radius 1 is 1.45 bits per heavy atom. The maximum absolute atomic E-state index is 6.14. The largest absolute Gasteiger partial charge is 0.127 e. The Balaban J connectivity index is 2.73. The van der Waals surface area contributed by atoms with E-state index in [1.165, 1.54) is 0 Å². The van der Waals surface area contributed by atoms with Crippen LogP contribution in [0.1, 0.15) is 34.1 Å². The molecule has 0 aliphatic heterocycles. The number of rotatable bonds is 2. The summed E-state index contributed by atoms with van der Waals surface area (Å²) >= 11 is 12.3. The first-order valence-electron chi connectivity index (χ1n) is 4.26. The summed E-state index contributed by atoms with van der Waals surface area (Å²) in [5, 5.41) is 0. The second-order valence-corrected chi connectivity index (χ2v) is 5.32. The molecule has 0 heterocycles. The lowest BCUT2D eigenvalue weighted by Crippen LogP contribution is -2.14. The van der Waals surface area contributed by atoms with Gasteiger partial charge in [0.1, 0.15) is 4.33 Å². The molecular formula is C9H16Cl2. The van der Waals surface area contributed by atoms with Gasteiger partial charge in [-0.2, -0.15) is 0 Å². The molecule has 0 N–H and O–H groups in total. The van der Waals surface area contributed by atoms with Crippen molar-refractivity contribution in [2.75, 3.05) is 0 Å². The average Bonchev–Trinajstić information content (AvgIpc) is 2.34. The van der Waals surface area contributed by atoms with E-state index in [1.807, 2.05) is 0 Å². The molecule has 1 saturated carbocycles. The van der Waals surface area contributed by atoms with Crippen molar-refractivity contribution in [3.8, 4) is 0 Å². The van der Waals surface area contributed by atoms with Crippen LogP contribution in [-0.4, -0.2) is 4.33 Å². The molecule has 0 saturated heterocycles. The summed E-state index contributed by atoms with van der Waals surface area (Å²) in [4.78, 5) is 0. The third-order valence-corrected chi connectivity index (χ3v) is 5.18. The number of halogens is 2. The summed E-state index contributed by atoms with van der Waals surface area (Å²) in [6.45, 7) is 8.73. The van der Waals surface area contributed by atoms with Gasteiger partial charge in [0.2, 0.25) is 0 Å². The van der Waals surface area contributed by atoms with E-state index in [0.717, 1.165) is 6.42 Å². The minimum atomic E-state index is -0.470. The molecule has 1 aliphatic carbocycles. The Kier molecular flexibility index (Phi) is 2.23. The highest BCUT2D eigenvalue weighted by molar-refractivity contribution is 6.51. The van der Waals surface area contributed by atoms with Gasteiger partial charge in [-0.25, -0.2) is 0 Å². The van der Waals surface area contributed by atoms with Crippen LogP contribution in [0.2, 0.25) is 0 Å². The van der Waals surface area contributed by atoms with E-state index in [-0.39, 0.29) is 5.41 Å². The van der Waals surface area contributed by atoms with E-state index >= 15 is 0 Å². The molecule has 1 aliphatic rings. The highest BCUT2D eigenvalue weighted by Gasteiger charge is 2.71. The maximum Gasteiger partial charge on any atom is 0.127 e. The lowest BCUT2D eigenvalue weighted by molar-refractivity contribution is 0.325. The minimum Gasteiger partial charge on any atom is -0.101 e. The van der Waals surface area contributed by atoms with Crippen LogP contribution in [0.3, 0.4) is 0 Å². The van der Waals surface area contributed by atoms with Gasteiger partial charge < -0.3 is 0 Å². The molecule has 0 bridgehead atoms. The second-order valence-electron chi connectivity index (χ2n) is 3.94. The van der Waals surface area contributed by atoms with Crippen molar-refractivity contribution in [3.05, 3.63) is 0 Å². The maximum atomic E-state index is 6.14. The molecule has 0 aromatic carbocycles. The van der Waals surface area contributed by atoms with Crippen LogP contribution >= 0.6 is 23.2 Å². The van der Waals surface area contributed by atoms with Gasteiger partial charge in [-0.15, -0.1) is 23.2 Å². The highest BCUT2D eigenvalue weighted by Crippen LogP contribution is 2.72. The predicted octanol–water partition coefficient (Wildman–Crippen LogP) is 3.86. The molecule has 0 nitrogen and oxygen atoms in total. The van der Waals surface area contributed by atoms with E-state index in [1.54, 1.807) is 0 Å². The zero-order valence-corrected chi connectivity index (χ0v) is 9.13. The van der Waals surface area contributed by atoms with Crippen molar-refractivity contribution in [2.45, 2.75) is 38.4 Å². The number of hydrogen-bond acceptors (Lipinski definition) is 0. The van der Waals surface area contributed by atoms with Gasteiger partial charge in [0.15, 0.2) is 0 Å². The summed E-state index contributed by atoms with van der Waals surface area (Å²) in [7, 11) is 0. The lowest BCUT2D eigenvalue weighted by Gasteiger charge is -2.19. The van der Waals surface area contributed by atoms with Crippen molar-refractivity contribution in [1.29, 1.82) is 0 Å². The van der Waals surface area contributed by atoms with Crippen LogP contribution in [0.4, 0.5) is 0 Å². The van der Waals surface area contributed by atoms with Crippen molar-refractivity contribution in [3.63, 3.8) is 0 Å². The standard InChI is InChI=1S/C9H16Cl2/c1-5-6(2)8(4)7(3)9(8,10)11/h6-7H,5H2,1-4H3. The molecule has 3 unspecified atom stereocenters. The smallest absolute Gasteiger partial charge is 0.101 e. The summed E-state index contributed by atoms with van der Waals surface area (Å²) in [6.07, 6.45) is 1.15. The van der Waals surface area contributed by atoms with E-state index in [0.29, 0.717) is 11.8 Å². The van der Waals surface area contributed by atoms with Crippen molar-refractivity contribution in [2.24, 2.45) is 17.3 Å². The molecule has 1 rings (SSSR count). The van der Waals surface area contributed by atoms with Crippen molar-refractivity contribution < 1.29 is 0 Å². The molecule has 1 fully saturated rings. The van der Waals surface area contributed by atoms with Crippen LogP contribution in [-0.2, 0) is 0 Å². The topological polar surface area (TPSA) is 0 Å². The zero-order chi connectivity index (χ0) is 8.86. The minimum absolute atomic E-state index is 0.144. The summed E-state index contributed by atoms with van der Waals surface area (Å²) in [5.74, 6) is 1.06. The fraction of sp³-hybridized carbons (Fsp3) is 1.00. The number of hydrogen-bond donors (Lipinski definition) is 0. The second kappa shape index (κ2) is 2.53. The van der Waals surface area contributed by atoms with Gasteiger partial charge in [-0.1, -0.05) is 34.1 Å². The third kappa shape index (κ3) is 1.02. The summed E-state index contributed by atoms with van der Waals surface area (Å²) < 4.78 is -0.470. The van der Waals surface area contributed by atoms with Gasteiger partial charge in [-0.3, -0.25) is 0 Å². The van der Waals surface area contributed by atoms with Gasteiger partial charge in [0, 0.05) is 5.41 Å². The molecule has 11 heavy (non-hydrogen) atoms. The van der Waals surface area contributed by atoms with Gasteiger partial charge in [-0.05, 0) is 11.8 Å². The van der Waals surface area contributed by atoms with E-state index in [2.05, 4.69) is 27.7 Å². The van der Waals surface area contributed by atoms with Crippen LogP contribution in [0.25, 0.3) is 0 Å². The van der Waals surface area contributed by atoms with E-state index in [4.69, 9.17) is 23.2 Å². The lowest BCUT2D eigenvalue weighted by atomic mass is 9.88. The Hall–Kier alpha value is 0.580. The normalized spacial score (nSPS) is 43.6. The zero-order valence-electron chi connectivity index (χ0n) is 7.62. The SMILES string of the molecule is CCC(C)C1(C)C(C)C1(Cl)Cl. The van der Waals surface area contributed by atoms with Gasteiger partial charge >= 0.3 is 0 Å². The van der Waals surface area contributed by atoms with E-state index in [9.17, 15) is 0 Å². The molecule has 3 atom stereocenters. The third-order valence-electron chi connectivity index (χ3n) is 3.71. The quantitative estimate of drug-likeness (QED) is 0.587.